The van der Waals surface area contributed by atoms with Crippen LogP contribution in [0.3, 0.4) is 0 Å². The molecule has 0 amide bonds. The average molecular weight is 450 g/mol. The molecule has 33 heavy (non-hydrogen) atoms. The highest BCUT2D eigenvalue weighted by Gasteiger charge is 2.20. The first-order valence-electron chi connectivity index (χ1n) is 11.6. The zero-order valence-electron chi connectivity index (χ0n) is 20.0. The van der Waals surface area contributed by atoms with Gasteiger partial charge in [-0.2, -0.15) is 0 Å². The Morgan fingerprint density at radius 3 is 2.42 bits per heavy atom. The van der Waals surface area contributed by atoms with Crippen molar-refractivity contribution < 1.29 is 19.4 Å². The predicted octanol–water partition coefficient (Wildman–Crippen LogP) is 5.07. The van der Waals surface area contributed by atoms with Gasteiger partial charge in [0.2, 0.25) is 0 Å². The molecule has 176 valence electrons. The number of ether oxygens (including phenoxy) is 2. The lowest BCUT2D eigenvalue weighted by Gasteiger charge is -2.28. The van der Waals surface area contributed by atoms with Crippen LogP contribution in [0.5, 0.6) is 0 Å². The highest BCUT2D eigenvalue weighted by molar-refractivity contribution is 5.89. The van der Waals surface area contributed by atoms with E-state index >= 15 is 0 Å². The number of nitrogens with one attached hydrogen (secondary N) is 1. The van der Waals surface area contributed by atoms with Crippen molar-refractivity contribution in [3.05, 3.63) is 83.4 Å². The van der Waals surface area contributed by atoms with Gasteiger partial charge in [0, 0.05) is 12.1 Å². The summed E-state index contributed by atoms with van der Waals surface area (Å²) in [5, 5.41) is 16.4. The number of hydrogen-bond donors (Lipinski definition) is 2. The summed E-state index contributed by atoms with van der Waals surface area (Å²) in [6.07, 6.45) is 0.0397. The zero-order chi connectivity index (χ0) is 23.8. The fraction of sp³-hybridized carbons (Fsp3) is 0.393. The van der Waals surface area contributed by atoms with Crippen molar-refractivity contribution in [2.45, 2.75) is 51.9 Å². The van der Waals surface area contributed by atoms with Crippen LogP contribution < -0.4 is 5.32 Å². The fourth-order valence-corrected chi connectivity index (χ4v) is 3.83. The molecule has 0 saturated heterocycles. The maximum Gasteiger partial charge on any atom is 0.338 e. The van der Waals surface area contributed by atoms with Gasteiger partial charge in [-0.3, -0.25) is 0 Å². The molecule has 2 N–H and O–H groups in total. The lowest BCUT2D eigenvalue weighted by Crippen LogP contribution is -2.46. The van der Waals surface area contributed by atoms with Crippen LogP contribution in [-0.2, 0) is 15.9 Å². The largest absolute Gasteiger partial charge is 0.462 e. The highest BCUT2D eigenvalue weighted by atomic mass is 16.5. The minimum atomic E-state index is -0.623. The van der Waals surface area contributed by atoms with Gasteiger partial charge >= 0.3 is 5.97 Å². The number of fused-ring (bicyclic) bond motifs is 1. The number of hydrogen-bond acceptors (Lipinski definition) is 5. The second-order valence-corrected chi connectivity index (χ2v) is 9.09. The van der Waals surface area contributed by atoms with Crippen LogP contribution in [0.1, 0.15) is 55.3 Å². The first kappa shape index (κ1) is 24.9. The molecule has 5 heteroatoms. The number of aliphatic hydroxyl groups is 1. The number of benzene rings is 3. The van der Waals surface area contributed by atoms with E-state index < -0.39 is 6.10 Å². The standard InChI is InChI=1S/C28H35NO4/c1-5-32-27(31)24-14-12-22(13-15-24)20(2)33-19-26(30)18-29-28(3,4)17-21-10-11-23-8-6-7-9-25(23)16-21/h6-16,20,26,29-30H,5,17-19H2,1-4H3/t20?,26-/m1/s1. The van der Waals surface area contributed by atoms with Gasteiger partial charge in [0.1, 0.15) is 0 Å². The second kappa shape index (κ2) is 11.4. The van der Waals surface area contributed by atoms with Crippen LogP contribution in [0.4, 0.5) is 0 Å². The Morgan fingerprint density at radius 2 is 1.73 bits per heavy atom. The molecule has 2 atom stereocenters. The summed E-state index contributed by atoms with van der Waals surface area (Å²) in [5.41, 5.74) is 2.56. The highest BCUT2D eigenvalue weighted by Crippen LogP contribution is 2.20. The van der Waals surface area contributed by atoms with Gasteiger partial charge in [0.15, 0.2) is 0 Å². The molecule has 0 radical (unpaired) electrons. The van der Waals surface area contributed by atoms with Crippen LogP contribution in [-0.4, -0.2) is 42.5 Å². The number of esters is 1. The van der Waals surface area contributed by atoms with Gasteiger partial charge < -0.3 is 19.9 Å². The quantitative estimate of drug-likeness (QED) is 0.400. The third-order valence-corrected chi connectivity index (χ3v) is 5.71. The smallest absolute Gasteiger partial charge is 0.338 e. The van der Waals surface area contributed by atoms with Crippen molar-refractivity contribution >= 4 is 16.7 Å². The molecule has 0 aliphatic rings. The van der Waals surface area contributed by atoms with E-state index in [1.165, 1.54) is 16.3 Å². The van der Waals surface area contributed by atoms with E-state index in [0.717, 1.165) is 12.0 Å². The minimum absolute atomic E-state index is 0.169. The molecule has 5 nitrogen and oxygen atoms in total. The number of rotatable bonds is 11. The van der Waals surface area contributed by atoms with E-state index in [0.29, 0.717) is 18.7 Å². The van der Waals surface area contributed by atoms with Gasteiger partial charge in [-0.05, 0) is 68.1 Å². The molecule has 0 aromatic heterocycles. The van der Waals surface area contributed by atoms with Crippen LogP contribution in [0.25, 0.3) is 10.8 Å². The van der Waals surface area contributed by atoms with Crippen LogP contribution >= 0.6 is 0 Å². The Hall–Kier alpha value is -2.73. The maximum absolute atomic E-state index is 11.8. The summed E-state index contributed by atoms with van der Waals surface area (Å²) in [6, 6.07) is 22.1. The zero-order valence-corrected chi connectivity index (χ0v) is 20.0. The summed E-state index contributed by atoms with van der Waals surface area (Å²) in [7, 11) is 0. The predicted molar refractivity (Wildman–Crippen MR) is 133 cm³/mol. The summed E-state index contributed by atoms with van der Waals surface area (Å²) in [6.45, 7) is 9.02. The summed E-state index contributed by atoms with van der Waals surface area (Å²) >= 11 is 0. The molecule has 0 saturated carbocycles. The lowest BCUT2D eigenvalue weighted by molar-refractivity contribution is -0.00418. The first-order chi connectivity index (χ1) is 15.8. The van der Waals surface area contributed by atoms with E-state index in [-0.39, 0.29) is 24.2 Å². The van der Waals surface area contributed by atoms with Crippen molar-refractivity contribution in [2.75, 3.05) is 19.8 Å². The monoisotopic (exact) mass is 449 g/mol. The molecule has 3 rings (SSSR count). The molecule has 0 aliphatic heterocycles. The molecule has 0 aliphatic carbocycles. The van der Waals surface area contributed by atoms with Gasteiger partial charge in [-0.25, -0.2) is 4.79 Å². The van der Waals surface area contributed by atoms with Crippen LogP contribution in [0, 0.1) is 0 Å². The molecule has 3 aromatic carbocycles. The maximum atomic E-state index is 11.8. The molecule has 0 heterocycles. The summed E-state index contributed by atoms with van der Waals surface area (Å²) in [4.78, 5) is 11.8. The molecule has 1 unspecified atom stereocenters. The van der Waals surface area contributed by atoms with Crippen molar-refractivity contribution in [2.24, 2.45) is 0 Å². The number of carbonyl (C=O) groups excluding carboxylic acids is 1. The lowest BCUT2D eigenvalue weighted by atomic mass is 9.93. The normalized spacial score (nSPS) is 13.6. The van der Waals surface area contributed by atoms with Crippen molar-refractivity contribution in [3.8, 4) is 0 Å². The molecular formula is C28H35NO4. The number of carbonyl (C=O) groups is 1. The average Bonchev–Trinajstić information content (AvgIpc) is 2.81. The third kappa shape index (κ3) is 7.39. The molecule has 0 bridgehead atoms. The first-order valence-corrected chi connectivity index (χ1v) is 11.6. The van der Waals surface area contributed by atoms with Crippen LogP contribution in [0.15, 0.2) is 66.7 Å². The third-order valence-electron chi connectivity index (χ3n) is 5.71. The van der Waals surface area contributed by atoms with E-state index in [1.54, 1.807) is 19.1 Å². The summed E-state index contributed by atoms with van der Waals surface area (Å²) < 4.78 is 10.9. The van der Waals surface area contributed by atoms with Gasteiger partial charge in [0.25, 0.3) is 0 Å². The van der Waals surface area contributed by atoms with E-state index in [9.17, 15) is 9.90 Å². The van der Waals surface area contributed by atoms with Crippen molar-refractivity contribution in [1.29, 1.82) is 0 Å². The SMILES string of the molecule is CCOC(=O)c1ccc(C(C)OC[C@H](O)CNC(C)(C)Cc2ccc3ccccc3c2)cc1. The minimum Gasteiger partial charge on any atom is -0.462 e. The van der Waals surface area contributed by atoms with Gasteiger partial charge in [-0.1, -0.05) is 54.6 Å². The van der Waals surface area contributed by atoms with E-state index in [1.807, 2.05) is 19.1 Å². The Kier molecular flexibility index (Phi) is 8.61. The Bertz CT molecular complexity index is 1050. The molecule has 3 aromatic rings. The molecule has 0 fully saturated rings. The van der Waals surface area contributed by atoms with Crippen molar-refractivity contribution in [1.82, 2.24) is 5.32 Å². The van der Waals surface area contributed by atoms with E-state index in [4.69, 9.17) is 9.47 Å². The fourth-order valence-electron chi connectivity index (χ4n) is 3.83. The molecular weight excluding hydrogens is 414 g/mol. The number of β-amino-alcohol motifs (C(OH)–C–C–N with tert-alkyl or cyclic N) is 1. The Labute approximate surface area is 196 Å². The van der Waals surface area contributed by atoms with Crippen LogP contribution in [0.2, 0.25) is 0 Å². The van der Waals surface area contributed by atoms with E-state index in [2.05, 4.69) is 61.6 Å². The van der Waals surface area contributed by atoms with Crippen molar-refractivity contribution in [3.63, 3.8) is 0 Å². The molecule has 0 spiro atoms. The Morgan fingerprint density at radius 1 is 1.03 bits per heavy atom. The Balaban J connectivity index is 1.45. The topological polar surface area (TPSA) is 67.8 Å². The second-order valence-electron chi connectivity index (χ2n) is 9.09. The summed E-state index contributed by atoms with van der Waals surface area (Å²) in [5.74, 6) is -0.328. The van der Waals surface area contributed by atoms with Gasteiger partial charge in [0.05, 0.1) is 31.0 Å². The van der Waals surface area contributed by atoms with Gasteiger partial charge in [-0.15, -0.1) is 0 Å². The number of aliphatic hydroxyl groups excluding tert-OH is 1.